The quantitative estimate of drug-likeness (QED) is 0.131. The number of nitrogens with zero attached hydrogens (tertiary/aromatic N) is 2. The molecule has 0 aromatic heterocycles. The number of carbonyl (C=O) groups is 1. The van der Waals surface area contributed by atoms with Crippen molar-refractivity contribution in [3.63, 3.8) is 0 Å². The number of hydrogen-bond acceptors (Lipinski definition) is 2. The van der Waals surface area contributed by atoms with Crippen molar-refractivity contribution in [2.75, 3.05) is 19.6 Å². The van der Waals surface area contributed by atoms with Crippen molar-refractivity contribution in [1.29, 1.82) is 0 Å². The second kappa shape index (κ2) is 17.4. The summed E-state index contributed by atoms with van der Waals surface area (Å²) in [5, 5.41) is 3.11. The molecule has 0 bridgehead atoms. The molecule has 1 aliphatic heterocycles. The van der Waals surface area contributed by atoms with Crippen LogP contribution in [-0.2, 0) is 4.79 Å². The largest absolute Gasteiger partial charge is 0.307 e. The van der Waals surface area contributed by atoms with E-state index in [-0.39, 0.29) is 12.1 Å². The molecule has 1 N–H and O–H groups in total. The van der Waals surface area contributed by atoms with Gasteiger partial charge in [-0.2, -0.15) is 0 Å². The van der Waals surface area contributed by atoms with Gasteiger partial charge in [0.15, 0.2) is 12.0 Å². The monoisotopic (exact) mass is 434 g/mol. The highest BCUT2D eigenvalue weighted by molar-refractivity contribution is 5.78. The van der Waals surface area contributed by atoms with Crippen LogP contribution in [0.4, 0.5) is 0 Å². The number of carbonyl (C=O) groups excluding carboxylic acids is 1. The van der Waals surface area contributed by atoms with Gasteiger partial charge < -0.3 is 5.32 Å². The van der Waals surface area contributed by atoms with Crippen LogP contribution < -0.4 is 5.32 Å². The number of amidine groups is 1. The molecule has 1 amide bonds. The van der Waals surface area contributed by atoms with Crippen molar-refractivity contribution in [2.24, 2.45) is 4.99 Å². The molecule has 4 nitrogen and oxygen atoms in total. The lowest BCUT2D eigenvalue weighted by atomic mass is 10.0. The highest BCUT2D eigenvalue weighted by atomic mass is 16.1. The Hall–Kier alpha value is -1.16. The summed E-state index contributed by atoms with van der Waals surface area (Å²) in [7, 11) is 0. The van der Waals surface area contributed by atoms with Crippen molar-refractivity contribution in [3.8, 4) is 0 Å². The van der Waals surface area contributed by atoms with E-state index in [0.717, 1.165) is 30.5 Å². The zero-order chi connectivity index (χ0) is 22.8. The predicted molar refractivity (Wildman–Crippen MR) is 135 cm³/mol. The number of amides is 1. The van der Waals surface area contributed by atoms with E-state index in [9.17, 15) is 4.79 Å². The summed E-state index contributed by atoms with van der Waals surface area (Å²) in [5.74, 6) is 1.37. The van der Waals surface area contributed by atoms with Crippen LogP contribution in [0.2, 0.25) is 0 Å². The van der Waals surface area contributed by atoms with Crippen LogP contribution in [0.5, 0.6) is 0 Å². The van der Waals surface area contributed by atoms with E-state index >= 15 is 0 Å². The predicted octanol–water partition coefficient (Wildman–Crippen LogP) is 7.14. The molecule has 4 heteroatoms. The van der Waals surface area contributed by atoms with Gasteiger partial charge in [-0.05, 0) is 33.1 Å². The second-order valence-electron chi connectivity index (χ2n) is 9.45. The minimum absolute atomic E-state index is 0.0600. The molecular formula is C27H52N3O+. The average molecular weight is 435 g/mol. The smallest absolute Gasteiger partial charge is 0.221 e. The molecule has 0 spiro atoms. The Bertz CT molecular complexity index is 529. The minimum atomic E-state index is 0.0600. The van der Waals surface area contributed by atoms with Crippen LogP contribution in [-0.4, -0.2) is 42.0 Å². The van der Waals surface area contributed by atoms with Gasteiger partial charge in [-0.15, -0.1) is 0 Å². The first-order valence-corrected chi connectivity index (χ1v) is 13.4. The Kier molecular flexibility index (Phi) is 15.6. The van der Waals surface area contributed by atoms with E-state index in [4.69, 9.17) is 4.99 Å². The third-order valence-corrected chi connectivity index (χ3v) is 7.03. The Labute approximate surface area is 193 Å². The zero-order valence-electron chi connectivity index (χ0n) is 21.3. The van der Waals surface area contributed by atoms with Gasteiger partial charge in [-0.1, -0.05) is 82.8 Å². The van der Waals surface area contributed by atoms with Gasteiger partial charge in [-0.25, -0.2) is 4.99 Å². The molecule has 0 aliphatic carbocycles. The first-order chi connectivity index (χ1) is 15.1. The summed E-state index contributed by atoms with van der Waals surface area (Å²) < 4.78 is 0.857. The maximum absolute atomic E-state index is 11.5. The Morgan fingerprint density at radius 2 is 1.48 bits per heavy atom. The maximum atomic E-state index is 11.5. The lowest BCUT2D eigenvalue weighted by molar-refractivity contribution is -0.861. The number of quaternary nitrogens is 1. The van der Waals surface area contributed by atoms with Crippen LogP contribution in [0.1, 0.15) is 124 Å². The lowest BCUT2D eigenvalue weighted by Crippen LogP contribution is -2.62. The van der Waals surface area contributed by atoms with Crippen LogP contribution in [0.15, 0.2) is 17.1 Å². The summed E-state index contributed by atoms with van der Waals surface area (Å²) in [6, 6.07) is 0. The fourth-order valence-electron chi connectivity index (χ4n) is 5.04. The summed E-state index contributed by atoms with van der Waals surface area (Å²) in [4.78, 5) is 16.4. The number of allylic oxidation sites excluding steroid dienone is 2. The van der Waals surface area contributed by atoms with Crippen LogP contribution >= 0.6 is 0 Å². The van der Waals surface area contributed by atoms with E-state index < -0.39 is 0 Å². The zero-order valence-corrected chi connectivity index (χ0v) is 21.3. The Morgan fingerprint density at radius 1 is 0.968 bits per heavy atom. The Balaban J connectivity index is 2.01. The number of unbranched alkanes of at least 4 members (excludes halogenated alkanes) is 13. The van der Waals surface area contributed by atoms with E-state index in [1.165, 1.54) is 95.7 Å². The van der Waals surface area contributed by atoms with Gasteiger partial charge in [0, 0.05) is 20.3 Å². The lowest BCUT2D eigenvalue weighted by Gasteiger charge is -2.39. The van der Waals surface area contributed by atoms with Gasteiger partial charge in [0.25, 0.3) is 0 Å². The molecule has 0 fully saturated rings. The Morgan fingerprint density at radius 3 is 1.97 bits per heavy atom. The summed E-state index contributed by atoms with van der Waals surface area (Å²) in [5.41, 5.74) is 0. The first kappa shape index (κ1) is 27.9. The molecule has 2 unspecified atom stereocenters. The van der Waals surface area contributed by atoms with Crippen molar-refractivity contribution < 1.29 is 9.28 Å². The van der Waals surface area contributed by atoms with Crippen molar-refractivity contribution >= 4 is 11.7 Å². The van der Waals surface area contributed by atoms with Crippen LogP contribution in [0.3, 0.4) is 0 Å². The van der Waals surface area contributed by atoms with E-state index in [1.54, 1.807) is 6.92 Å². The van der Waals surface area contributed by atoms with Gasteiger partial charge in [-0.3, -0.25) is 9.28 Å². The standard InChI is InChI=1S/C27H51N3O/c1-5-7-8-9-10-11-12-13-14-15-16-17-18-19-20-21-22-27-28-23-24-30(27,6-2)25(3)29-26(4)31/h5,7,25H,6,8-24H2,1-4H3/p+1/b7-5+. The topological polar surface area (TPSA) is 41.5 Å². The summed E-state index contributed by atoms with van der Waals surface area (Å²) in [6.07, 6.45) is 24.9. The van der Waals surface area contributed by atoms with Crippen molar-refractivity contribution in [2.45, 2.75) is 130 Å². The van der Waals surface area contributed by atoms with Gasteiger partial charge in [0.1, 0.15) is 6.54 Å². The van der Waals surface area contributed by atoms with E-state index in [0.29, 0.717) is 0 Å². The molecule has 0 aromatic rings. The minimum Gasteiger partial charge on any atom is -0.307 e. The molecule has 0 saturated carbocycles. The fourth-order valence-corrected chi connectivity index (χ4v) is 5.04. The summed E-state index contributed by atoms with van der Waals surface area (Å²) in [6.45, 7) is 11.0. The van der Waals surface area contributed by atoms with Crippen molar-refractivity contribution in [1.82, 2.24) is 5.32 Å². The number of likely N-dealkylation sites (N-methyl/N-ethyl adjacent to an activating group) is 1. The van der Waals surface area contributed by atoms with Gasteiger partial charge >= 0.3 is 0 Å². The fraction of sp³-hybridized carbons (Fsp3) is 0.852. The third-order valence-electron chi connectivity index (χ3n) is 7.03. The number of aliphatic imine (C=N–C) groups is 1. The molecule has 1 heterocycles. The third kappa shape index (κ3) is 11.3. The molecule has 180 valence electrons. The second-order valence-corrected chi connectivity index (χ2v) is 9.45. The van der Waals surface area contributed by atoms with Gasteiger partial charge in [0.05, 0.1) is 13.1 Å². The maximum Gasteiger partial charge on any atom is 0.221 e. The number of rotatable bonds is 19. The van der Waals surface area contributed by atoms with Crippen LogP contribution in [0, 0.1) is 0 Å². The molecular weight excluding hydrogens is 382 g/mol. The molecule has 0 radical (unpaired) electrons. The molecule has 2 atom stereocenters. The summed E-state index contributed by atoms with van der Waals surface area (Å²) >= 11 is 0. The van der Waals surface area contributed by atoms with Gasteiger partial charge in [0.2, 0.25) is 5.91 Å². The molecule has 1 rings (SSSR count). The highest BCUT2D eigenvalue weighted by Gasteiger charge is 2.41. The average Bonchev–Trinajstić information content (AvgIpc) is 3.17. The molecule has 31 heavy (non-hydrogen) atoms. The number of hydrogen-bond donors (Lipinski definition) is 1. The van der Waals surface area contributed by atoms with Crippen molar-refractivity contribution in [3.05, 3.63) is 12.2 Å². The molecule has 1 aliphatic rings. The molecule has 0 aromatic carbocycles. The van der Waals surface area contributed by atoms with Crippen LogP contribution in [0.25, 0.3) is 0 Å². The van der Waals surface area contributed by atoms with E-state index in [1.807, 2.05) is 0 Å². The molecule has 0 saturated heterocycles. The first-order valence-electron chi connectivity index (χ1n) is 13.4. The van der Waals surface area contributed by atoms with E-state index in [2.05, 4.69) is 38.2 Å². The normalized spacial score (nSPS) is 19.7. The SMILES string of the molecule is C/C=C/CCCCCCCCCCCCCCCC1=NCC[N+]1(CC)C(C)NC(C)=O. The number of nitrogens with one attached hydrogen (secondary N) is 1. The highest BCUT2D eigenvalue weighted by Crippen LogP contribution is 2.23.